The van der Waals surface area contributed by atoms with E-state index in [0.29, 0.717) is 6.54 Å². The van der Waals surface area contributed by atoms with E-state index in [-0.39, 0.29) is 18.2 Å². The summed E-state index contributed by atoms with van der Waals surface area (Å²) < 4.78 is 5.23. The van der Waals surface area contributed by atoms with Gasteiger partial charge in [-0.05, 0) is 19.8 Å². The van der Waals surface area contributed by atoms with Crippen LogP contribution in [0.4, 0.5) is 4.79 Å². The van der Waals surface area contributed by atoms with Gasteiger partial charge in [0.05, 0.1) is 6.10 Å². The molecule has 1 fully saturated rings. The van der Waals surface area contributed by atoms with Gasteiger partial charge in [0.15, 0.2) is 0 Å². The number of rotatable bonds is 1. The van der Waals surface area contributed by atoms with Crippen molar-refractivity contribution in [2.75, 3.05) is 13.7 Å². The summed E-state index contributed by atoms with van der Waals surface area (Å²) in [6, 6.07) is -0.00990. The second-order valence-corrected chi connectivity index (χ2v) is 3.37. The second-order valence-electron chi connectivity index (χ2n) is 3.37. The van der Waals surface area contributed by atoms with E-state index in [4.69, 9.17) is 10.6 Å². The largest absolute Gasteiger partial charge is 0.381 e. The van der Waals surface area contributed by atoms with Crippen LogP contribution >= 0.6 is 0 Å². The van der Waals surface area contributed by atoms with Gasteiger partial charge in [0.2, 0.25) is 0 Å². The Morgan fingerprint density at radius 1 is 1.69 bits per heavy atom. The van der Waals surface area contributed by atoms with Crippen molar-refractivity contribution in [1.29, 1.82) is 0 Å². The van der Waals surface area contributed by atoms with E-state index < -0.39 is 0 Å². The molecule has 5 nitrogen and oxygen atoms in total. The summed E-state index contributed by atoms with van der Waals surface area (Å²) in [5, 5.41) is 0. The maximum Gasteiger partial charge on any atom is 0.331 e. The van der Waals surface area contributed by atoms with Gasteiger partial charge in [0, 0.05) is 19.7 Å². The van der Waals surface area contributed by atoms with Crippen LogP contribution in [0, 0.1) is 0 Å². The lowest BCUT2D eigenvalue weighted by molar-refractivity contribution is 0.0293. The van der Waals surface area contributed by atoms with Gasteiger partial charge in [-0.2, -0.15) is 0 Å². The number of hydrogen-bond acceptors (Lipinski definition) is 3. The molecule has 1 saturated heterocycles. The molecule has 2 atom stereocenters. The van der Waals surface area contributed by atoms with Crippen LogP contribution in [-0.2, 0) is 4.74 Å². The summed E-state index contributed by atoms with van der Waals surface area (Å²) in [5.41, 5.74) is 2.14. The van der Waals surface area contributed by atoms with Crippen LogP contribution in [0.2, 0.25) is 0 Å². The highest BCUT2D eigenvalue weighted by Crippen LogP contribution is 2.18. The number of likely N-dealkylation sites (tertiary alicyclic amines) is 1. The number of nitrogens with one attached hydrogen (secondary N) is 1. The number of hydrogen-bond donors (Lipinski definition) is 2. The molecule has 0 radical (unpaired) electrons. The number of ether oxygens (including phenoxy) is 1. The summed E-state index contributed by atoms with van der Waals surface area (Å²) in [4.78, 5) is 13.0. The molecule has 0 aromatic heterocycles. The van der Waals surface area contributed by atoms with Crippen molar-refractivity contribution in [2.24, 2.45) is 5.84 Å². The summed E-state index contributed by atoms with van der Waals surface area (Å²) in [6.07, 6.45) is 2.04. The highest BCUT2D eigenvalue weighted by Gasteiger charge is 2.27. The molecule has 1 heterocycles. The first-order valence-electron chi connectivity index (χ1n) is 4.49. The van der Waals surface area contributed by atoms with Crippen molar-refractivity contribution in [3.8, 4) is 0 Å². The molecule has 76 valence electrons. The van der Waals surface area contributed by atoms with Gasteiger partial charge in [-0.15, -0.1) is 0 Å². The van der Waals surface area contributed by atoms with Crippen LogP contribution in [0.5, 0.6) is 0 Å². The first kappa shape index (κ1) is 10.3. The van der Waals surface area contributed by atoms with Crippen molar-refractivity contribution >= 4 is 6.03 Å². The monoisotopic (exact) mass is 187 g/mol. The molecule has 1 aliphatic heterocycles. The van der Waals surface area contributed by atoms with Crippen LogP contribution in [0.25, 0.3) is 0 Å². The Bertz CT molecular complexity index is 186. The highest BCUT2D eigenvalue weighted by molar-refractivity contribution is 5.73. The Balaban J connectivity index is 2.48. The van der Waals surface area contributed by atoms with Crippen LogP contribution < -0.4 is 11.3 Å². The molecule has 0 aliphatic carbocycles. The third-order valence-electron chi connectivity index (χ3n) is 2.55. The minimum atomic E-state index is -0.206. The van der Waals surface area contributed by atoms with Crippen molar-refractivity contribution in [2.45, 2.75) is 31.9 Å². The molecular weight excluding hydrogens is 170 g/mol. The lowest BCUT2D eigenvalue weighted by Crippen LogP contribution is -2.52. The Morgan fingerprint density at radius 2 is 2.38 bits per heavy atom. The number of nitrogens with two attached hydrogens (primary N) is 1. The van der Waals surface area contributed by atoms with E-state index in [1.54, 1.807) is 12.0 Å². The summed E-state index contributed by atoms with van der Waals surface area (Å²) in [6.45, 7) is 2.71. The third kappa shape index (κ3) is 2.32. The molecule has 0 aromatic rings. The number of urea groups is 1. The predicted octanol–water partition coefficient (Wildman–Crippen LogP) is 0.0690. The quantitative estimate of drug-likeness (QED) is 0.347. The van der Waals surface area contributed by atoms with Crippen LogP contribution in [0.3, 0.4) is 0 Å². The molecule has 2 amide bonds. The Hall–Kier alpha value is -0.810. The van der Waals surface area contributed by atoms with E-state index in [9.17, 15) is 4.79 Å². The average molecular weight is 187 g/mol. The number of nitrogens with zero attached hydrogens (tertiary/aromatic N) is 1. The molecule has 0 bridgehead atoms. The zero-order valence-corrected chi connectivity index (χ0v) is 8.12. The highest BCUT2D eigenvalue weighted by atomic mass is 16.5. The van der Waals surface area contributed by atoms with Crippen molar-refractivity contribution in [1.82, 2.24) is 10.3 Å². The molecule has 0 spiro atoms. The molecule has 5 heteroatoms. The van der Waals surface area contributed by atoms with Crippen LogP contribution in [0.1, 0.15) is 19.8 Å². The summed E-state index contributed by atoms with van der Waals surface area (Å²) >= 11 is 0. The zero-order valence-electron chi connectivity index (χ0n) is 8.12. The second kappa shape index (κ2) is 4.43. The van der Waals surface area contributed by atoms with E-state index in [2.05, 4.69) is 5.43 Å². The van der Waals surface area contributed by atoms with Crippen LogP contribution in [-0.4, -0.2) is 36.7 Å². The predicted molar refractivity (Wildman–Crippen MR) is 48.9 cm³/mol. The van der Waals surface area contributed by atoms with Crippen molar-refractivity contribution in [3.63, 3.8) is 0 Å². The Kier molecular flexibility index (Phi) is 3.50. The van der Waals surface area contributed by atoms with Gasteiger partial charge in [-0.1, -0.05) is 0 Å². The molecule has 0 saturated carbocycles. The SMILES string of the molecule is COC1CCN(C(=O)NN)C(C)C1. The lowest BCUT2D eigenvalue weighted by atomic mass is 10.0. The molecule has 3 N–H and O–H groups in total. The topological polar surface area (TPSA) is 67.6 Å². The standard InChI is InChI=1S/C8H17N3O2/c1-6-5-7(13-2)3-4-11(6)8(12)10-9/h6-7H,3-5,9H2,1-2H3,(H,10,12). The van der Waals surface area contributed by atoms with Gasteiger partial charge in [0.25, 0.3) is 0 Å². The van der Waals surface area contributed by atoms with Crippen LogP contribution in [0.15, 0.2) is 0 Å². The van der Waals surface area contributed by atoms with Gasteiger partial charge in [-0.3, -0.25) is 5.43 Å². The smallest absolute Gasteiger partial charge is 0.331 e. The first-order valence-corrected chi connectivity index (χ1v) is 4.49. The molecular formula is C8H17N3O2. The maximum absolute atomic E-state index is 11.2. The third-order valence-corrected chi connectivity index (χ3v) is 2.55. The fraction of sp³-hybridized carbons (Fsp3) is 0.875. The van der Waals surface area contributed by atoms with E-state index >= 15 is 0 Å². The number of carbonyl (C=O) groups is 1. The Morgan fingerprint density at radius 3 is 2.85 bits per heavy atom. The van der Waals surface area contributed by atoms with E-state index in [0.717, 1.165) is 12.8 Å². The first-order chi connectivity index (χ1) is 6.19. The fourth-order valence-electron chi connectivity index (χ4n) is 1.73. The maximum atomic E-state index is 11.2. The van der Waals surface area contributed by atoms with Gasteiger partial charge in [-0.25, -0.2) is 10.6 Å². The number of amides is 2. The van der Waals surface area contributed by atoms with Gasteiger partial charge < -0.3 is 9.64 Å². The number of methoxy groups -OCH3 is 1. The van der Waals surface area contributed by atoms with Gasteiger partial charge in [0.1, 0.15) is 0 Å². The Labute approximate surface area is 78.2 Å². The molecule has 1 aliphatic rings. The summed E-state index contributed by atoms with van der Waals surface area (Å²) in [7, 11) is 1.70. The molecule has 13 heavy (non-hydrogen) atoms. The molecule has 2 unspecified atom stereocenters. The number of hydrazine groups is 1. The zero-order chi connectivity index (χ0) is 9.84. The van der Waals surface area contributed by atoms with E-state index in [1.165, 1.54) is 0 Å². The number of carbonyl (C=O) groups excluding carboxylic acids is 1. The van der Waals surface area contributed by atoms with Gasteiger partial charge >= 0.3 is 6.03 Å². The number of piperidine rings is 1. The minimum absolute atomic E-state index is 0.197. The fourth-order valence-corrected chi connectivity index (χ4v) is 1.73. The van der Waals surface area contributed by atoms with E-state index in [1.807, 2.05) is 6.92 Å². The van der Waals surface area contributed by atoms with Crippen molar-refractivity contribution in [3.05, 3.63) is 0 Å². The minimum Gasteiger partial charge on any atom is -0.381 e. The summed E-state index contributed by atoms with van der Waals surface area (Å²) in [5.74, 6) is 5.06. The molecule has 1 rings (SSSR count). The normalized spacial score (nSPS) is 28.7. The lowest BCUT2D eigenvalue weighted by Gasteiger charge is -2.36. The average Bonchev–Trinajstić information content (AvgIpc) is 2.16. The van der Waals surface area contributed by atoms with Crippen molar-refractivity contribution < 1.29 is 9.53 Å². The molecule has 0 aromatic carbocycles.